The fraction of sp³-hybridized carbons (Fsp3) is 0.0833. The average molecular weight is 340 g/mol. The van der Waals surface area contributed by atoms with E-state index >= 15 is 0 Å². The molecule has 0 saturated carbocycles. The molecule has 8 nitrogen and oxygen atoms in total. The number of benzene rings is 1. The summed E-state index contributed by atoms with van der Waals surface area (Å²) in [4.78, 5) is 27.1. The van der Waals surface area contributed by atoms with Crippen LogP contribution >= 0.6 is 12.2 Å². The van der Waals surface area contributed by atoms with Gasteiger partial charge in [0.1, 0.15) is 0 Å². The highest BCUT2D eigenvalue weighted by molar-refractivity contribution is 7.90. The van der Waals surface area contributed by atoms with Gasteiger partial charge in [-0.1, -0.05) is 30.3 Å². The van der Waals surface area contributed by atoms with Crippen molar-refractivity contribution in [2.45, 2.75) is 11.4 Å². The summed E-state index contributed by atoms with van der Waals surface area (Å²) in [6.07, 6.45) is 0.925. The molecule has 0 unspecified atom stereocenters. The van der Waals surface area contributed by atoms with Gasteiger partial charge in [0.05, 0.1) is 0 Å². The van der Waals surface area contributed by atoms with Crippen LogP contribution in [0.15, 0.2) is 46.2 Å². The molecule has 0 bridgehead atoms. The van der Waals surface area contributed by atoms with Crippen LogP contribution in [0.25, 0.3) is 0 Å². The van der Waals surface area contributed by atoms with Crippen molar-refractivity contribution in [3.8, 4) is 0 Å². The molecule has 0 aliphatic rings. The van der Waals surface area contributed by atoms with Gasteiger partial charge < -0.3 is 10.3 Å². The zero-order valence-corrected chi connectivity index (χ0v) is 12.8. The first-order chi connectivity index (χ1) is 10.4. The maximum absolute atomic E-state index is 11.9. The minimum absolute atomic E-state index is 0.0162. The van der Waals surface area contributed by atoms with Crippen LogP contribution in [0.4, 0.5) is 4.79 Å². The molecular formula is C12H12N4O4S2. The Hall–Kier alpha value is -2.46. The van der Waals surface area contributed by atoms with Crippen LogP contribution in [0.1, 0.15) is 5.56 Å². The maximum atomic E-state index is 11.9. The number of carbonyl (C=O) groups is 1. The molecule has 0 saturated heterocycles. The van der Waals surface area contributed by atoms with Gasteiger partial charge in [0, 0.05) is 12.7 Å². The van der Waals surface area contributed by atoms with E-state index in [2.05, 4.69) is 27.5 Å². The lowest BCUT2D eigenvalue weighted by Crippen LogP contribution is -2.40. The Morgan fingerprint density at radius 3 is 2.55 bits per heavy atom. The van der Waals surface area contributed by atoms with Crippen LogP contribution in [-0.4, -0.2) is 24.4 Å². The van der Waals surface area contributed by atoms with E-state index in [0.717, 1.165) is 11.8 Å². The number of nitrogens with one attached hydrogen (secondary N) is 4. The summed E-state index contributed by atoms with van der Waals surface area (Å²) in [5, 5.41) is 2.38. The van der Waals surface area contributed by atoms with Gasteiger partial charge in [-0.2, -0.15) is 0 Å². The Morgan fingerprint density at radius 2 is 1.91 bits per heavy atom. The van der Waals surface area contributed by atoms with Gasteiger partial charge in [0.25, 0.3) is 15.6 Å². The number of aromatic amines is 2. The molecule has 1 heterocycles. The van der Waals surface area contributed by atoms with E-state index in [-0.39, 0.29) is 11.3 Å². The van der Waals surface area contributed by atoms with E-state index in [4.69, 9.17) is 0 Å². The quantitative estimate of drug-likeness (QED) is 0.608. The van der Waals surface area contributed by atoms with E-state index in [0.29, 0.717) is 0 Å². The summed E-state index contributed by atoms with van der Waals surface area (Å²) in [7, 11) is -4.29. The molecule has 0 aliphatic carbocycles. The molecule has 22 heavy (non-hydrogen) atoms. The van der Waals surface area contributed by atoms with Crippen molar-refractivity contribution in [3.63, 3.8) is 0 Å². The Bertz CT molecular complexity index is 887. The second kappa shape index (κ2) is 6.54. The van der Waals surface area contributed by atoms with E-state index in [1.54, 1.807) is 29.0 Å². The number of amides is 2. The van der Waals surface area contributed by atoms with Crippen molar-refractivity contribution in [2.75, 3.05) is 0 Å². The lowest BCUT2D eigenvalue weighted by Gasteiger charge is -2.08. The Morgan fingerprint density at radius 1 is 1.23 bits per heavy atom. The average Bonchev–Trinajstić information content (AvgIpc) is 2.45. The Balaban J connectivity index is 2.07. The first-order valence-electron chi connectivity index (χ1n) is 6.05. The SMILES string of the molecule is O=C(NCc1ccccc1)NS(=O)(=O)c1c[nH]c(=S)[nH]c1=O. The monoisotopic (exact) mass is 340 g/mol. The molecule has 2 rings (SSSR count). The Kier molecular flexibility index (Phi) is 4.73. The standard InChI is InChI=1S/C12H12N4O4S2/c17-10-9(7-14-12(21)15-10)22(19,20)16-11(18)13-6-8-4-2-1-3-5-8/h1-5,7H,6H2,(H2,13,16,18)(H2,14,15,17,21). The number of carbonyl (C=O) groups excluding carboxylic acids is 1. The van der Waals surface area contributed by atoms with E-state index in [9.17, 15) is 18.0 Å². The molecule has 2 amide bonds. The van der Waals surface area contributed by atoms with Crippen molar-refractivity contribution in [1.82, 2.24) is 20.0 Å². The molecule has 0 spiro atoms. The molecule has 0 fully saturated rings. The fourth-order valence-corrected chi connectivity index (χ4v) is 2.68. The summed E-state index contributed by atoms with van der Waals surface area (Å²) < 4.78 is 25.6. The molecule has 0 radical (unpaired) electrons. The highest BCUT2D eigenvalue weighted by Crippen LogP contribution is 2.00. The largest absolute Gasteiger partial charge is 0.337 e. The molecule has 10 heteroatoms. The number of sulfonamides is 1. The molecular weight excluding hydrogens is 328 g/mol. The van der Waals surface area contributed by atoms with Crippen LogP contribution in [0.5, 0.6) is 0 Å². The molecule has 1 aromatic heterocycles. The topological polar surface area (TPSA) is 124 Å². The van der Waals surface area contributed by atoms with E-state index < -0.39 is 26.5 Å². The smallest absolute Gasteiger partial charge is 0.328 e. The fourth-order valence-electron chi connectivity index (χ4n) is 1.59. The summed E-state index contributed by atoms with van der Waals surface area (Å²) in [5.74, 6) is 0. The first-order valence-corrected chi connectivity index (χ1v) is 7.94. The summed E-state index contributed by atoms with van der Waals surface area (Å²) in [6, 6.07) is 8.01. The van der Waals surface area contributed by atoms with Gasteiger partial charge in [0.2, 0.25) is 0 Å². The molecule has 1 aromatic carbocycles. The number of hydrogen-bond acceptors (Lipinski definition) is 5. The van der Waals surface area contributed by atoms with Gasteiger partial charge in [-0.25, -0.2) is 17.9 Å². The van der Waals surface area contributed by atoms with E-state index in [1.807, 2.05) is 6.07 Å². The van der Waals surface area contributed by atoms with Gasteiger partial charge in [-0.15, -0.1) is 0 Å². The van der Waals surface area contributed by atoms with Gasteiger partial charge in [-0.3, -0.25) is 9.78 Å². The third kappa shape index (κ3) is 4.02. The zero-order chi connectivity index (χ0) is 16.2. The van der Waals surface area contributed by atoms with E-state index in [1.165, 1.54) is 0 Å². The number of urea groups is 1. The lowest BCUT2D eigenvalue weighted by molar-refractivity contribution is 0.245. The minimum Gasteiger partial charge on any atom is -0.337 e. The van der Waals surface area contributed by atoms with Crippen molar-refractivity contribution >= 4 is 28.3 Å². The van der Waals surface area contributed by atoms with Crippen LogP contribution in [-0.2, 0) is 16.6 Å². The van der Waals surface area contributed by atoms with Crippen molar-refractivity contribution < 1.29 is 13.2 Å². The summed E-state index contributed by atoms with van der Waals surface area (Å²) >= 11 is 4.66. The van der Waals surface area contributed by atoms with Crippen molar-refractivity contribution in [3.05, 3.63) is 57.2 Å². The number of aromatic nitrogens is 2. The first kappa shape index (κ1) is 15.9. The maximum Gasteiger partial charge on any atom is 0.328 e. The third-order valence-electron chi connectivity index (χ3n) is 2.60. The van der Waals surface area contributed by atoms with Crippen LogP contribution < -0.4 is 15.6 Å². The van der Waals surface area contributed by atoms with Crippen molar-refractivity contribution in [1.29, 1.82) is 0 Å². The summed E-state index contributed by atoms with van der Waals surface area (Å²) in [5.41, 5.74) is -0.108. The molecule has 2 aromatic rings. The van der Waals surface area contributed by atoms with Crippen molar-refractivity contribution in [2.24, 2.45) is 0 Å². The highest BCUT2D eigenvalue weighted by Gasteiger charge is 2.21. The molecule has 0 atom stereocenters. The molecule has 116 valence electrons. The minimum atomic E-state index is -4.29. The lowest BCUT2D eigenvalue weighted by atomic mass is 10.2. The number of rotatable bonds is 4. The van der Waals surface area contributed by atoms with Gasteiger partial charge in [0.15, 0.2) is 9.67 Å². The van der Waals surface area contributed by atoms with Crippen LogP contribution in [0, 0.1) is 4.77 Å². The van der Waals surface area contributed by atoms with Gasteiger partial charge in [-0.05, 0) is 17.8 Å². The van der Waals surface area contributed by atoms with Gasteiger partial charge >= 0.3 is 6.03 Å². The second-order valence-corrected chi connectivity index (χ2v) is 6.27. The molecule has 4 N–H and O–H groups in total. The predicted octanol–water partition coefficient (Wildman–Crippen LogP) is 0.621. The number of hydrogen-bond donors (Lipinski definition) is 4. The molecule has 0 aliphatic heterocycles. The summed E-state index contributed by atoms with van der Waals surface area (Å²) in [6.45, 7) is 0.149. The van der Waals surface area contributed by atoms with Crippen LogP contribution in [0.2, 0.25) is 0 Å². The van der Waals surface area contributed by atoms with Crippen LogP contribution in [0.3, 0.4) is 0 Å². The third-order valence-corrected chi connectivity index (χ3v) is 4.15. The highest BCUT2D eigenvalue weighted by atomic mass is 32.2. The second-order valence-electron chi connectivity index (χ2n) is 4.21. The number of H-pyrrole nitrogens is 2. The normalized spacial score (nSPS) is 10.9. The predicted molar refractivity (Wildman–Crippen MR) is 81.2 cm³/mol. The zero-order valence-electron chi connectivity index (χ0n) is 11.1. The Labute approximate surface area is 130 Å².